The first kappa shape index (κ1) is 20.8. The van der Waals surface area contributed by atoms with E-state index in [9.17, 15) is 9.59 Å². The molecular formula is C21H23N3O4. The van der Waals surface area contributed by atoms with Crippen molar-refractivity contribution in [2.24, 2.45) is 5.92 Å². The van der Waals surface area contributed by atoms with Gasteiger partial charge in [0.1, 0.15) is 23.6 Å². The zero-order chi connectivity index (χ0) is 20.4. The van der Waals surface area contributed by atoms with Gasteiger partial charge < -0.3 is 20.1 Å². The number of hydrogen-bond donors (Lipinski definition) is 2. The van der Waals surface area contributed by atoms with Crippen molar-refractivity contribution < 1.29 is 19.1 Å². The Balaban J connectivity index is 1.94. The fourth-order valence-corrected chi connectivity index (χ4v) is 2.41. The number of hydrogen-bond acceptors (Lipinski definition) is 5. The SMILES string of the molecule is CC(C)C(NC(=O)COc1ccccc1)C(=O)Nc1cccc(OCC#N)c1. The number of amides is 2. The minimum Gasteiger partial charge on any atom is -0.484 e. The van der Waals surface area contributed by atoms with Crippen LogP contribution < -0.4 is 20.1 Å². The summed E-state index contributed by atoms with van der Waals surface area (Å²) in [5, 5.41) is 14.0. The molecule has 0 radical (unpaired) electrons. The van der Waals surface area contributed by atoms with Gasteiger partial charge in [0.2, 0.25) is 5.91 Å². The van der Waals surface area contributed by atoms with Crippen molar-refractivity contribution in [2.45, 2.75) is 19.9 Å². The van der Waals surface area contributed by atoms with E-state index in [4.69, 9.17) is 14.7 Å². The van der Waals surface area contributed by atoms with E-state index < -0.39 is 6.04 Å². The Morgan fingerprint density at radius 3 is 2.43 bits per heavy atom. The van der Waals surface area contributed by atoms with Crippen LogP contribution >= 0.6 is 0 Å². The number of nitrogens with zero attached hydrogens (tertiary/aromatic N) is 1. The van der Waals surface area contributed by atoms with Crippen molar-refractivity contribution in [1.29, 1.82) is 5.26 Å². The molecule has 0 fully saturated rings. The van der Waals surface area contributed by atoms with Gasteiger partial charge in [0.15, 0.2) is 13.2 Å². The molecule has 2 rings (SSSR count). The molecule has 2 N–H and O–H groups in total. The molecule has 0 aliphatic rings. The van der Waals surface area contributed by atoms with Gasteiger partial charge in [0.05, 0.1) is 0 Å². The summed E-state index contributed by atoms with van der Waals surface area (Å²) in [7, 11) is 0. The lowest BCUT2D eigenvalue weighted by Gasteiger charge is -2.22. The van der Waals surface area contributed by atoms with Gasteiger partial charge >= 0.3 is 0 Å². The van der Waals surface area contributed by atoms with Crippen LogP contribution in [0.4, 0.5) is 5.69 Å². The van der Waals surface area contributed by atoms with Crippen LogP contribution in [0.25, 0.3) is 0 Å². The Labute approximate surface area is 164 Å². The third-order valence-corrected chi connectivity index (χ3v) is 3.78. The molecule has 0 aromatic heterocycles. The Morgan fingerprint density at radius 1 is 1.04 bits per heavy atom. The first-order valence-electron chi connectivity index (χ1n) is 8.87. The van der Waals surface area contributed by atoms with Gasteiger partial charge in [-0.15, -0.1) is 0 Å². The second-order valence-electron chi connectivity index (χ2n) is 6.35. The molecule has 1 atom stereocenters. The number of benzene rings is 2. The van der Waals surface area contributed by atoms with E-state index in [2.05, 4.69) is 10.6 Å². The van der Waals surface area contributed by atoms with Gasteiger partial charge in [-0.1, -0.05) is 38.1 Å². The predicted molar refractivity (Wildman–Crippen MR) is 105 cm³/mol. The van der Waals surface area contributed by atoms with Crippen molar-refractivity contribution in [3.63, 3.8) is 0 Å². The minimum absolute atomic E-state index is 0.0799. The molecule has 2 aromatic rings. The minimum atomic E-state index is -0.726. The number of carbonyl (C=O) groups is 2. The lowest BCUT2D eigenvalue weighted by molar-refractivity contribution is -0.128. The smallest absolute Gasteiger partial charge is 0.258 e. The first-order valence-corrected chi connectivity index (χ1v) is 8.87. The summed E-state index contributed by atoms with van der Waals surface area (Å²) in [6.07, 6.45) is 0. The molecule has 0 saturated carbocycles. The third kappa shape index (κ3) is 6.65. The fraction of sp³-hybridized carbons (Fsp3) is 0.286. The molecule has 2 aromatic carbocycles. The van der Waals surface area contributed by atoms with E-state index in [0.29, 0.717) is 17.2 Å². The maximum atomic E-state index is 12.6. The molecule has 28 heavy (non-hydrogen) atoms. The summed E-state index contributed by atoms with van der Waals surface area (Å²) in [5.74, 6) is 0.195. The quantitative estimate of drug-likeness (QED) is 0.696. The van der Waals surface area contributed by atoms with Crippen LogP contribution in [0.1, 0.15) is 13.8 Å². The summed E-state index contributed by atoms with van der Waals surface area (Å²) in [5.41, 5.74) is 0.515. The van der Waals surface area contributed by atoms with Crippen LogP contribution in [-0.2, 0) is 9.59 Å². The lowest BCUT2D eigenvalue weighted by Crippen LogP contribution is -2.48. The van der Waals surface area contributed by atoms with Gasteiger partial charge in [-0.2, -0.15) is 5.26 Å². The average Bonchev–Trinajstić information content (AvgIpc) is 2.69. The Bertz CT molecular complexity index is 831. The van der Waals surface area contributed by atoms with Crippen LogP contribution in [0.3, 0.4) is 0 Å². The highest BCUT2D eigenvalue weighted by molar-refractivity contribution is 5.97. The Kier molecular flexibility index (Phi) is 7.85. The number of nitriles is 1. The zero-order valence-electron chi connectivity index (χ0n) is 15.8. The zero-order valence-corrected chi connectivity index (χ0v) is 15.8. The van der Waals surface area contributed by atoms with E-state index in [1.54, 1.807) is 36.4 Å². The molecule has 0 heterocycles. The number of nitrogens with one attached hydrogen (secondary N) is 2. The van der Waals surface area contributed by atoms with E-state index in [1.807, 2.05) is 38.1 Å². The highest BCUT2D eigenvalue weighted by Gasteiger charge is 2.24. The van der Waals surface area contributed by atoms with Crippen LogP contribution in [-0.4, -0.2) is 31.1 Å². The number of anilines is 1. The first-order chi connectivity index (χ1) is 13.5. The fourth-order valence-electron chi connectivity index (χ4n) is 2.41. The molecule has 0 spiro atoms. The third-order valence-electron chi connectivity index (χ3n) is 3.78. The molecule has 146 valence electrons. The van der Waals surface area contributed by atoms with Crippen LogP contribution in [0, 0.1) is 17.2 Å². The van der Waals surface area contributed by atoms with Crippen molar-refractivity contribution in [3.8, 4) is 17.6 Å². The van der Waals surface area contributed by atoms with Crippen molar-refractivity contribution in [2.75, 3.05) is 18.5 Å². The lowest BCUT2D eigenvalue weighted by atomic mass is 10.0. The average molecular weight is 381 g/mol. The Morgan fingerprint density at radius 2 is 1.75 bits per heavy atom. The molecule has 1 unspecified atom stereocenters. The van der Waals surface area contributed by atoms with Gasteiger partial charge in [0.25, 0.3) is 5.91 Å². The van der Waals surface area contributed by atoms with Crippen LogP contribution in [0.5, 0.6) is 11.5 Å². The molecular weight excluding hydrogens is 358 g/mol. The van der Waals surface area contributed by atoms with Crippen LogP contribution in [0.2, 0.25) is 0 Å². The van der Waals surface area contributed by atoms with Gasteiger partial charge in [-0.3, -0.25) is 9.59 Å². The van der Waals surface area contributed by atoms with E-state index in [0.717, 1.165) is 0 Å². The van der Waals surface area contributed by atoms with Crippen molar-refractivity contribution >= 4 is 17.5 Å². The van der Waals surface area contributed by atoms with Gasteiger partial charge in [-0.05, 0) is 30.2 Å². The molecule has 7 nitrogen and oxygen atoms in total. The molecule has 0 aliphatic carbocycles. The summed E-state index contributed by atoms with van der Waals surface area (Å²) >= 11 is 0. The predicted octanol–water partition coefficient (Wildman–Crippen LogP) is 2.75. The topological polar surface area (TPSA) is 100 Å². The second kappa shape index (κ2) is 10.6. The highest BCUT2D eigenvalue weighted by Crippen LogP contribution is 2.18. The normalized spacial score (nSPS) is 11.2. The number of para-hydroxylation sites is 1. The number of ether oxygens (including phenoxy) is 2. The molecule has 0 aliphatic heterocycles. The van der Waals surface area contributed by atoms with Gasteiger partial charge in [-0.25, -0.2) is 0 Å². The second-order valence-corrected chi connectivity index (χ2v) is 6.35. The summed E-state index contributed by atoms with van der Waals surface area (Å²) in [6.45, 7) is 3.42. The summed E-state index contributed by atoms with van der Waals surface area (Å²) in [6, 6.07) is 16.9. The van der Waals surface area contributed by atoms with Crippen LogP contribution in [0.15, 0.2) is 54.6 Å². The van der Waals surface area contributed by atoms with E-state index in [-0.39, 0.29) is 30.9 Å². The summed E-state index contributed by atoms with van der Waals surface area (Å²) < 4.78 is 10.6. The largest absolute Gasteiger partial charge is 0.484 e. The maximum absolute atomic E-state index is 12.6. The monoisotopic (exact) mass is 381 g/mol. The molecule has 0 bridgehead atoms. The molecule has 7 heteroatoms. The molecule has 0 saturated heterocycles. The Hall–Kier alpha value is -3.53. The van der Waals surface area contributed by atoms with Crippen molar-refractivity contribution in [1.82, 2.24) is 5.32 Å². The van der Waals surface area contributed by atoms with E-state index in [1.165, 1.54) is 0 Å². The summed E-state index contributed by atoms with van der Waals surface area (Å²) in [4.78, 5) is 24.8. The number of carbonyl (C=O) groups excluding carboxylic acids is 2. The maximum Gasteiger partial charge on any atom is 0.258 e. The van der Waals surface area contributed by atoms with Gasteiger partial charge in [0, 0.05) is 11.8 Å². The molecule has 2 amide bonds. The highest BCUT2D eigenvalue weighted by atomic mass is 16.5. The number of rotatable bonds is 9. The van der Waals surface area contributed by atoms with Crippen molar-refractivity contribution in [3.05, 3.63) is 54.6 Å². The van der Waals surface area contributed by atoms with E-state index >= 15 is 0 Å². The standard InChI is InChI=1S/C21H23N3O4/c1-15(2)20(24-19(25)14-28-17-8-4-3-5-9-17)21(26)23-16-7-6-10-18(13-16)27-12-11-22/h3-10,13,15,20H,12,14H2,1-2H3,(H,23,26)(H,24,25).